The number of nitrogens with zero attached hydrogens (tertiary/aromatic N) is 1. The molecule has 0 spiro atoms. The molecule has 22 heavy (non-hydrogen) atoms. The fraction of sp³-hybridized carbons (Fsp3) is 0.222. The Labute approximate surface area is 129 Å². The Morgan fingerprint density at radius 1 is 1.00 bits per heavy atom. The van der Waals surface area contributed by atoms with E-state index in [0.717, 1.165) is 46.4 Å². The molecule has 0 radical (unpaired) electrons. The molecule has 0 atom stereocenters. The third-order valence-corrected chi connectivity index (χ3v) is 4.65. The van der Waals surface area contributed by atoms with E-state index in [1.807, 2.05) is 36.4 Å². The van der Waals surface area contributed by atoms with E-state index in [0.29, 0.717) is 6.04 Å². The first kappa shape index (κ1) is 13.1. The average molecular weight is 293 g/mol. The van der Waals surface area contributed by atoms with Crippen LogP contribution in [0.25, 0.3) is 22.2 Å². The van der Waals surface area contributed by atoms with E-state index in [1.165, 1.54) is 6.42 Å². The van der Waals surface area contributed by atoms with Crippen LogP contribution in [0, 0.1) is 0 Å². The second-order valence-electron chi connectivity index (χ2n) is 6.04. The van der Waals surface area contributed by atoms with E-state index in [-0.39, 0.29) is 5.75 Å². The van der Waals surface area contributed by atoms with Gasteiger partial charge in [-0.3, -0.25) is 0 Å². The molecule has 5 N–H and O–H groups in total. The minimum Gasteiger partial charge on any atom is -0.508 e. The zero-order valence-corrected chi connectivity index (χ0v) is 12.3. The number of benzene rings is 2. The monoisotopic (exact) mass is 293 g/mol. The summed E-state index contributed by atoms with van der Waals surface area (Å²) in [5.74, 6) is 0.273. The molecule has 0 amide bonds. The maximum Gasteiger partial charge on any atom is 0.117 e. The van der Waals surface area contributed by atoms with Crippen LogP contribution in [0.5, 0.6) is 5.75 Å². The van der Waals surface area contributed by atoms with E-state index in [4.69, 9.17) is 11.5 Å². The predicted octanol–water partition coefficient (Wildman–Crippen LogP) is 3.90. The molecule has 1 heterocycles. The summed E-state index contributed by atoms with van der Waals surface area (Å²) in [6, 6.07) is 13.7. The fourth-order valence-electron chi connectivity index (χ4n) is 3.28. The highest BCUT2D eigenvalue weighted by Gasteiger charge is 2.26. The molecule has 1 aromatic heterocycles. The number of hydrogen-bond donors (Lipinski definition) is 3. The van der Waals surface area contributed by atoms with Crippen LogP contribution in [-0.4, -0.2) is 9.67 Å². The Kier molecular flexibility index (Phi) is 2.79. The first-order chi connectivity index (χ1) is 10.6. The van der Waals surface area contributed by atoms with Crippen molar-refractivity contribution in [3.05, 3.63) is 42.5 Å². The molecule has 2 aromatic carbocycles. The van der Waals surface area contributed by atoms with Gasteiger partial charge in [0.1, 0.15) is 5.75 Å². The van der Waals surface area contributed by atoms with Crippen LogP contribution in [0.4, 0.5) is 11.4 Å². The standard InChI is InChI=1S/C18H19N3O/c19-12-6-4-11(5-7-12)18-17(20)15-9-8-14(22)10-16(15)21(18)13-2-1-3-13/h4-10,13,22H,1-3,19-20H2. The minimum atomic E-state index is 0.273. The van der Waals surface area contributed by atoms with Crippen LogP contribution < -0.4 is 11.5 Å². The molecule has 0 aliphatic heterocycles. The van der Waals surface area contributed by atoms with Crippen molar-refractivity contribution < 1.29 is 5.11 Å². The molecular formula is C18H19N3O. The van der Waals surface area contributed by atoms with Crippen LogP contribution >= 0.6 is 0 Å². The van der Waals surface area contributed by atoms with Gasteiger partial charge in [0.2, 0.25) is 0 Å². The van der Waals surface area contributed by atoms with Gasteiger partial charge in [-0.25, -0.2) is 0 Å². The summed E-state index contributed by atoms with van der Waals surface area (Å²) >= 11 is 0. The number of phenolic OH excluding ortho intramolecular Hbond substituents is 1. The van der Waals surface area contributed by atoms with Crippen LogP contribution in [0.15, 0.2) is 42.5 Å². The highest BCUT2D eigenvalue weighted by Crippen LogP contribution is 2.44. The average Bonchev–Trinajstić information content (AvgIpc) is 2.71. The molecule has 0 bridgehead atoms. The van der Waals surface area contributed by atoms with Gasteiger partial charge in [-0.05, 0) is 43.5 Å². The van der Waals surface area contributed by atoms with Crippen molar-refractivity contribution in [1.29, 1.82) is 0 Å². The fourth-order valence-corrected chi connectivity index (χ4v) is 3.28. The van der Waals surface area contributed by atoms with Gasteiger partial charge in [0.05, 0.1) is 16.9 Å². The number of hydrogen-bond acceptors (Lipinski definition) is 3. The summed E-state index contributed by atoms with van der Waals surface area (Å²) in [5.41, 5.74) is 16.9. The number of nitrogen functional groups attached to an aromatic ring is 2. The lowest BCUT2D eigenvalue weighted by Gasteiger charge is -2.30. The van der Waals surface area contributed by atoms with Gasteiger partial charge in [0.25, 0.3) is 0 Å². The Balaban J connectivity index is 2.03. The zero-order valence-electron chi connectivity index (χ0n) is 12.3. The van der Waals surface area contributed by atoms with Gasteiger partial charge in [0, 0.05) is 28.7 Å². The Bertz CT molecular complexity index is 845. The van der Waals surface area contributed by atoms with Gasteiger partial charge < -0.3 is 21.1 Å². The van der Waals surface area contributed by atoms with E-state index in [2.05, 4.69) is 4.57 Å². The number of aromatic hydroxyl groups is 1. The van der Waals surface area contributed by atoms with E-state index < -0.39 is 0 Å². The molecule has 1 fully saturated rings. The second kappa shape index (κ2) is 4.70. The summed E-state index contributed by atoms with van der Waals surface area (Å²) in [4.78, 5) is 0. The summed E-state index contributed by atoms with van der Waals surface area (Å²) in [6.45, 7) is 0. The number of anilines is 2. The lowest BCUT2D eigenvalue weighted by atomic mass is 9.92. The van der Waals surface area contributed by atoms with Gasteiger partial charge in [-0.2, -0.15) is 0 Å². The van der Waals surface area contributed by atoms with Crippen molar-refractivity contribution in [2.75, 3.05) is 11.5 Å². The third kappa shape index (κ3) is 1.84. The number of fused-ring (bicyclic) bond motifs is 1. The van der Waals surface area contributed by atoms with Crippen LogP contribution in [0.2, 0.25) is 0 Å². The topological polar surface area (TPSA) is 77.2 Å². The van der Waals surface area contributed by atoms with Crippen LogP contribution in [0.1, 0.15) is 25.3 Å². The number of phenols is 1. The molecule has 3 aromatic rings. The summed E-state index contributed by atoms with van der Waals surface area (Å²) in [6.07, 6.45) is 3.55. The summed E-state index contributed by atoms with van der Waals surface area (Å²) in [7, 11) is 0. The lowest BCUT2D eigenvalue weighted by molar-refractivity contribution is 0.324. The first-order valence-corrected chi connectivity index (χ1v) is 7.63. The molecular weight excluding hydrogens is 274 g/mol. The van der Waals surface area contributed by atoms with Gasteiger partial charge in [-0.1, -0.05) is 12.1 Å². The molecule has 1 aliphatic rings. The van der Waals surface area contributed by atoms with E-state index in [9.17, 15) is 5.11 Å². The summed E-state index contributed by atoms with van der Waals surface area (Å²) in [5, 5.41) is 10.9. The molecule has 1 aliphatic carbocycles. The van der Waals surface area contributed by atoms with E-state index in [1.54, 1.807) is 6.07 Å². The number of nitrogens with two attached hydrogens (primary N) is 2. The van der Waals surface area contributed by atoms with Crippen molar-refractivity contribution in [1.82, 2.24) is 4.57 Å². The Hall–Kier alpha value is -2.62. The Morgan fingerprint density at radius 3 is 2.36 bits per heavy atom. The van der Waals surface area contributed by atoms with Crippen molar-refractivity contribution >= 4 is 22.3 Å². The predicted molar refractivity (Wildman–Crippen MR) is 90.8 cm³/mol. The highest BCUT2D eigenvalue weighted by molar-refractivity contribution is 6.01. The van der Waals surface area contributed by atoms with Crippen molar-refractivity contribution in [2.45, 2.75) is 25.3 Å². The minimum absolute atomic E-state index is 0.273. The lowest BCUT2D eigenvalue weighted by Crippen LogP contribution is -2.17. The van der Waals surface area contributed by atoms with Crippen molar-refractivity contribution in [3.8, 4) is 17.0 Å². The second-order valence-corrected chi connectivity index (χ2v) is 6.04. The van der Waals surface area contributed by atoms with Crippen LogP contribution in [0.3, 0.4) is 0 Å². The van der Waals surface area contributed by atoms with Gasteiger partial charge in [-0.15, -0.1) is 0 Å². The molecule has 4 rings (SSSR count). The normalized spacial score (nSPS) is 15.1. The molecule has 0 saturated heterocycles. The number of aromatic nitrogens is 1. The molecule has 112 valence electrons. The van der Waals surface area contributed by atoms with Crippen molar-refractivity contribution in [2.24, 2.45) is 0 Å². The molecule has 0 unspecified atom stereocenters. The SMILES string of the molecule is Nc1ccc(-c2c(N)c3ccc(O)cc3n2C2CCC2)cc1. The smallest absolute Gasteiger partial charge is 0.117 e. The van der Waals surface area contributed by atoms with Crippen molar-refractivity contribution in [3.63, 3.8) is 0 Å². The quantitative estimate of drug-likeness (QED) is 0.627. The zero-order chi connectivity index (χ0) is 15.3. The highest BCUT2D eigenvalue weighted by atomic mass is 16.3. The first-order valence-electron chi connectivity index (χ1n) is 7.63. The molecule has 4 nitrogen and oxygen atoms in total. The largest absolute Gasteiger partial charge is 0.508 e. The van der Waals surface area contributed by atoms with Gasteiger partial charge >= 0.3 is 0 Å². The van der Waals surface area contributed by atoms with Crippen LogP contribution in [-0.2, 0) is 0 Å². The summed E-state index contributed by atoms with van der Waals surface area (Å²) < 4.78 is 2.29. The number of rotatable bonds is 2. The maximum absolute atomic E-state index is 9.86. The van der Waals surface area contributed by atoms with Gasteiger partial charge in [0.15, 0.2) is 0 Å². The maximum atomic E-state index is 9.86. The molecule has 4 heteroatoms. The molecule has 1 saturated carbocycles. The third-order valence-electron chi connectivity index (χ3n) is 4.65. The Morgan fingerprint density at radius 2 is 1.73 bits per heavy atom. The van der Waals surface area contributed by atoms with E-state index >= 15 is 0 Å².